The maximum atomic E-state index is 11.0. The van der Waals surface area contributed by atoms with E-state index in [0.717, 1.165) is 19.4 Å². The highest BCUT2D eigenvalue weighted by Gasteiger charge is 2.15. The lowest BCUT2D eigenvalue weighted by Gasteiger charge is -2.22. The molecular formula is C6H12N4O2. The van der Waals surface area contributed by atoms with Gasteiger partial charge in [-0.1, -0.05) is 6.58 Å². The molecule has 1 rings (SSSR count). The van der Waals surface area contributed by atoms with Crippen molar-refractivity contribution in [2.24, 2.45) is 5.28 Å². The topological polar surface area (TPSA) is 62.9 Å². The molecule has 0 spiro atoms. The Morgan fingerprint density at radius 1 is 1.58 bits per heavy atom. The number of piperazine rings is 1. The number of hydrazine groups is 1. The van der Waals surface area contributed by atoms with E-state index in [2.05, 4.69) is 22.0 Å². The smallest absolute Gasteiger partial charge is 0.238 e. The first-order chi connectivity index (χ1) is 5.84. The lowest BCUT2D eigenvalue weighted by atomic mass is 10.4. The van der Waals surface area contributed by atoms with Crippen LogP contribution < -0.4 is 5.32 Å². The van der Waals surface area contributed by atoms with Crippen LogP contribution in [0.25, 0.3) is 0 Å². The summed E-state index contributed by atoms with van der Waals surface area (Å²) in [7, 11) is 0. The molecule has 6 nitrogen and oxygen atoms in total. The first-order valence-corrected chi connectivity index (χ1v) is 3.75. The second-order valence-corrected chi connectivity index (χ2v) is 2.31. The molecule has 0 saturated carbocycles. The molecule has 68 valence electrons. The summed E-state index contributed by atoms with van der Waals surface area (Å²) < 4.78 is 0. The van der Waals surface area contributed by atoms with Gasteiger partial charge in [-0.25, -0.2) is 0 Å². The molecule has 0 aromatic carbocycles. The van der Waals surface area contributed by atoms with Gasteiger partial charge in [-0.2, -0.15) is 0 Å². The van der Waals surface area contributed by atoms with Crippen molar-refractivity contribution in [3.05, 3.63) is 18.0 Å². The second-order valence-electron chi connectivity index (χ2n) is 2.31. The van der Waals surface area contributed by atoms with Gasteiger partial charge < -0.3 is 15.4 Å². The number of rotatable bonds is 3. The Kier molecular flexibility index (Phi) is 3.34. The third-order valence-corrected chi connectivity index (χ3v) is 1.53. The van der Waals surface area contributed by atoms with E-state index >= 15 is 0 Å². The van der Waals surface area contributed by atoms with Crippen molar-refractivity contribution >= 4 is 0 Å². The van der Waals surface area contributed by atoms with E-state index in [1.165, 1.54) is 0 Å². The van der Waals surface area contributed by atoms with Crippen molar-refractivity contribution in [2.45, 2.75) is 0 Å². The monoisotopic (exact) mass is 172 g/mol. The molecule has 0 aromatic heterocycles. The molecule has 0 aromatic rings. The Morgan fingerprint density at radius 3 is 2.83 bits per heavy atom. The predicted molar refractivity (Wildman–Crippen MR) is 41.8 cm³/mol. The molecule has 0 atom stereocenters. The molecule has 0 amide bonds. The van der Waals surface area contributed by atoms with Crippen LogP contribution in [0.15, 0.2) is 18.1 Å². The fourth-order valence-electron chi connectivity index (χ4n) is 0.949. The van der Waals surface area contributed by atoms with Crippen molar-refractivity contribution in [3.63, 3.8) is 0 Å². The van der Waals surface area contributed by atoms with Gasteiger partial charge in [0.05, 0.1) is 18.1 Å². The second kappa shape index (κ2) is 4.55. The van der Waals surface area contributed by atoms with Crippen molar-refractivity contribution in [1.29, 1.82) is 0 Å². The molecule has 6 heteroatoms. The van der Waals surface area contributed by atoms with Crippen molar-refractivity contribution < 1.29 is 9.81 Å². The van der Waals surface area contributed by atoms with Gasteiger partial charge in [0, 0.05) is 13.1 Å². The van der Waals surface area contributed by atoms with E-state index in [-0.39, 0.29) is 0 Å². The highest BCUT2D eigenvalue weighted by molar-refractivity contribution is 4.59. The van der Waals surface area contributed by atoms with E-state index in [1.54, 1.807) is 5.01 Å². The van der Waals surface area contributed by atoms with Crippen LogP contribution in [-0.2, 0) is 4.84 Å². The molecule has 0 unspecified atom stereocenters. The number of hydrogen-bond donors (Lipinski definition) is 1. The summed E-state index contributed by atoms with van der Waals surface area (Å²) in [6.07, 6.45) is 1.10. The minimum absolute atomic E-state index is 0.447. The lowest BCUT2D eigenvalue weighted by molar-refractivity contribution is -0.710. The number of nitrogens with one attached hydrogen (secondary N) is 1. The van der Waals surface area contributed by atoms with Crippen molar-refractivity contribution in [3.8, 4) is 0 Å². The van der Waals surface area contributed by atoms with Crippen LogP contribution in [-0.4, -0.2) is 36.2 Å². The van der Waals surface area contributed by atoms with Gasteiger partial charge in [0.2, 0.25) is 5.28 Å². The molecule has 1 aliphatic heterocycles. The molecule has 0 bridgehead atoms. The highest BCUT2D eigenvalue weighted by Crippen LogP contribution is 1.93. The van der Waals surface area contributed by atoms with Gasteiger partial charge in [-0.05, 0) is 0 Å². The normalized spacial score (nSPS) is 19.0. The third kappa shape index (κ3) is 2.39. The SMILES string of the molecule is C=CO/N=[N+](\[O-])N1CCNCC1. The molecule has 1 N–H and O–H groups in total. The summed E-state index contributed by atoms with van der Waals surface area (Å²) in [6, 6.07) is 0. The van der Waals surface area contributed by atoms with Gasteiger partial charge in [0.25, 0.3) is 0 Å². The Morgan fingerprint density at radius 2 is 2.25 bits per heavy atom. The van der Waals surface area contributed by atoms with Crippen LogP contribution >= 0.6 is 0 Å². The average Bonchev–Trinajstić information content (AvgIpc) is 2.15. The molecule has 1 aliphatic rings. The summed E-state index contributed by atoms with van der Waals surface area (Å²) in [5.41, 5.74) is 0. The van der Waals surface area contributed by atoms with Gasteiger partial charge in [-0.15, -0.1) is 5.01 Å². The van der Waals surface area contributed by atoms with E-state index in [4.69, 9.17) is 0 Å². The van der Waals surface area contributed by atoms with Gasteiger partial charge in [-0.3, -0.25) is 0 Å². The molecule has 1 fully saturated rings. The largest absolute Gasteiger partial charge is 0.569 e. The molecule has 0 aliphatic carbocycles. The maximum Gasteiger partial charge on any atom is 0.238 e. The minimum atomic E-state index is 0.447. The standard InChI is InChI=1S/C6H12N4O2/c1-2-12-8-10(11)9-5-3-7-4-6-9/h2,7H,1,3-6H2/b10-8-. The quantitative estimate of drug-likeness (QED) is 0.278. The van der Waals surface area contributed by atoms with Gasteiger partial charge >= 0.3 is 0 Å². The molecule has 1 heterocycles. The summed E-state index contributed by atoms with van der Waals surface area (Å²) in [5, 5.41) is 18.9. The van der Waals surface area contributed by atoms with E-state index in [1.807, 2.05) is 0 Å². The summed E-state index contributed by atoms with van der Waals surface area (Å²) in [5.74, 6) is 0. The zero-order valence-electron chi connectivity index (χ0n) is 6.77. The lowest BCUT2D eigenvalue weighted by Crippen LogP contribution is -2.46. The first-order valence-electron chi connectivity index (χ1n) is 3.75. The van der Waals surface area contributed by atoms with Crippen molar-refractivity contribution in [2.75, 3.05) is 26.2 Å². The van der Waals surface area contributed by atoms with Gasteiger partial charge in [0.1, 0.15) is 6.26 Å². The third-order valence-electron chi connectivity index (χ3n) is 1.53. The first kappa shape index (κ1) is 8.79. The Balaban J connectivity index is 2.38. The van der Waals surface area contributed by atoms with Crippen LogP contribution in [0, 0.1) is 5.21 Å². The summed E-state index contributed by atoms with van der Waals surface area (Å²) in [4.78, 5) is 4.84. The van der Waals surface area contributed by atoms with E-state index in [0.29, 0.717) is 18.1 Å². The van der Waals surface area contributed by atoms with Crippen LogP contribution in [0.1, 0.15) is 0 Å². The van der Waals surface area contributed by atoms with Crippen LogP contribution in [0.4, 0.5) is 0 Å². The van der Waals surface area contributed by atoms with E-state index < -0.39 is 0 Å². The van der Waals surface area contributed by atoms with Crippen LogP contribution in [0.5, 0.6) is 0 Å². The number of hydrogen-bond acceptors (Lipinski definition) is 4. The fourth-order valence-corrected chi connectivity index (χ4v) is 0.949. The predicted octanol–water partition coefficient (Wildman–Crippen LogP) is -0.156. The average molecular weight is 172 g/mol. The Labute approximate surface area is 70.6 Å². The van der Waals surface area contributed by atoms with E-state index in [9.17, 15) is 5.21 Å². The molecule has 1 saturated heterocycles. The Hall–Kier alpha value is -1.30. The summed E-state index contributed by atoms with van der Waals surface area (Å²) in [6.45, 7) is 6.15. The van der Waals surface area contributed by atoms with Gasteiger partial charge in [0.15, 0.2) is 0 Å². The van der Waals surface area contributed by atoms with Crippen LogP contribution in [0.3, 0.4) is 0 Å². The maximum absolute atomic E-state index is 11.0. The number of nitrogens with zero attached hydrogens (tertiary/aromatic N) is 3. The van der Waals surface area contributed by atoms with Crippen LogP contribution in [0.2, 0.25) is 0 Å². The summed E-state index contributed by atoms with van der Waals surface area (Å²) >= 11 is 0. The molecular weight excluding hydrogens is 160 g/mol. The highest BCUT2D eigenvalue weighted by atomic mass is 16.7. The fraction of sp³-hybridized carbons (Fsp3) is 0.667. The zero-order chi connectivity index (χ0) is 8.81. The molecule has 12 heavy (non-hydrogen) atoms. The van der Waals surface area contributed by atoms with Crippen molar-refractivity contribution in [1.82, 2.24) is 10.3 Å². The minimum Gasteiger partial charge on any atom is -0.569 e. The Bertz CT molecular complexity index is 176. The molecule has 0 radical (unpaired) electrons. The zero-order valence-corrected chi connectivity index (χ0v) is 6.77.